The maximum atomic E-state index is 8.84. The Kier molecular flexibility index (Phi) is 9.06. The quantitative estimate of drug-likeness (QED) is 0.444. The van der Waals surface area contributed by atoms with Crippen LogP contribution in [0.5, 0.6) is 0 Å². The first-order valence-corrected chi connectivity index (χ1v) is 5.42. The lowest BCUT2D eigenvalue weighted by molar-refractivity contribution is -0.0375. The fourth-order valence-electron chi connectivity index (χ4n) is 0.485. The molecule has 0 saturated carbocycles. The third kappa shape index (κ3) is 7.14. The number of hydrogen-bond acceptors (Lipinski definition) is 5. The number of aliphatic hydroxyl groups excluding tert-OH is 4. The van der Waals surface area contributed by atoms with Gasteiger partial charge in [-0.25, -0.2) is 0 Å². The Bertz CT molecular complexity index is 141. The van der Waals surface area contributed by atoms with Crippen molar-refractivity contribution in [3.8, 4) is 0 Å². The topological polar surface area (TPSA) is 101 Å². The molecule has 5 heteroatoms. The first-order valence-electron chi connectivity index (χ1n) is 5.42. The predicted octanol–water partition coefficient (Wildman–Crippen LogP) is -0.502. The first-order chi connectivity index (χ1) is 7.19. The molecule has 0 aromatic rings. The van der Waals surface area contributed by atoms with E-state index in [-0.39, 0.29) is 19.8 Å². The van der Waals surface area contributed by atoms with Gasteiger partial charge in [0.15, 0.2) is 0 Å². The number of rotatable bonds is 5. The summed E-state index contributed by atoms with van der Waals surface area (Å²) in [6, 6.07) is 0. The average Bonchev–Trinajstić information content (AvgIpc) is 2.21. The summed E-state index contributed by atoms with van der Waals surface area (Å²) >= 11 is 0. The Hall–Kier alpha value is -0.200. The van der Waals surface area contributed by atoms with Gasteiger partial charge in [0.1, 0.15) is 0 Å². The number of aliphatic hydroxyl groups is 5. The van der Waals surface area contributed by atoms with Crippen LogP contribution in [0, 0.1) is 5.41 Å². The van der Waals surface area contributed by atoms with E-state index < -0.39 is 17.1 Å². The molecule has 1 atom stereocenters. The van der Waals surface area contributed by atoms with E-state index in [2.05, 4.69) is 0 Å². The van der Waals surface area contributed by atoms with Crippen molar-refractivity contribution in [2.24, 2.45) is 5.41 Å². The van der Waals surface area contributed by atoms with Crippen LogP contribution >= 0.6 is 0 Å². The van der Waals surface area contributed by atoms with Crippen molar-refractivity contribution in [1.29, 1.82) is 0 Å². The second-order valence-corrected chi connectivity index (χ2v) is 4.66. The molecule has 0 aliphatic carbocycles. The summed E-state index contributed by atoms with van der Waals surface area (Å²) in [7, 11) is 0. The van der Waals surface area contributed by atoms with Crippen LogP contribution in [0.1, 0.15) is 34.1 Å². The van der Waals surface area contributed by atoms with Gasteiger partial charge in [0.05, 0.1) is 31.5 Å². The van der Waals surface area contributed by atoms with Crippen molar-refractivity contribution in [3.05, 3.63) is 0 Å². The van der Waals surface area contributed by atoms with Crippen LogP contribution in [0.2, 0.25) is 0 Å². The largest absolute Gasteiger partial charge is 0.396 e. The van der Waals surface area contributed by atoms with Crippen LogP contribution in [0.4, 0.5) is 0 Å². The highest BCUT2D eigenvalue weighted by atomic mass is 16.3. The van der Waals surface area contributed by atoms with Crippen molar-refractivity contribution >= 4 is 0 Å². The van der Waals surface area contributed by atoms with Gasteiger partial charge in [-0.2, -0.15) is 0 Å². The molecule has 5 N–H and O–H groups in total. The molecule has 0 saturated heterocycles. The zero-order valence-electron chi connectivity index (χ0n) is 10.6. The van der Waals surface area contributed by atoms with Crippen molar-refractivity contribution in [2.75, 3.05) is 19.8 Å². The molecular formula is C11H26O5. The zero-order valence-corrected chi connectivity index (χ0v) is 10.6. The Labute approximate surface area is 97.4 Å². The van der Waals surface area contributed by atoms with Crippen LogP contribution in [0.15, 0.2) is 0 Å². The van der Waals surface area contributed by atoms with E-state index in [0.29, 0.717) is 6.42 Å². The van der Waals surface area contributed by atoms with Crippen LogP contribution in [-0.2, 0) is 0 Å². The Balaban J connectivity index is 0. The molecule has 100 valence electrons. The second kappa shape index (κ2) is 7.97. The molecule has 0 rings (SSSR count). The van der Waals surface area contributed by atoms with E-state index in [1.165, 1.54) is 0 Å². The normalized spacial score (nSPS) is 14.1. The maximum absolute atomic E-state index is 8.84. The predicted molar refractivity (Wildman–Crippen MR) is 62.0 cm³/mol. The van der Waals surface area contributed by atoms with Gasteiger partial charge >= 0.3 is 0 Å². The smallest absolute Gasteiger partial charge is 0.0846 e. The van der Waals surface area contributed by atoms with Crippen molar-refractivity contribution in [1.82, 2.24) is 0 Å². The van der Waals surface area contributed by atoms with Gasteiger partial charge in [0.2, 0.25) is 0 Å². The molecule has 0 radical (unpaired) electrons. The fourth-order valence-corrected chi connectivity index (χ4v) is 0.485. The molecule has 0 aromatic heterocycles. The van der Waals surface area contributed by atoms with E-state index in [4.69, 9.17) is 25.5 Å². The summed E-state index contributed by atoms with van der Waals surface area (Å²) < 4.78 is 0. The summed E-state index contributed by atoms with van der Waals surface area (Å²) in [6.07, 6.45) is -0.0521. The van der Waals surface area contributed by atoms with Crippen molar-refractivity contribution < 1.29 is 25.5 Å². The molecule has 0 fully saturated rings. The molecule has 0 amide bonds. The molecule has 16 heavy (non-hydrogen) atoms. The van der Waals surface area contributed by atoms with Gasteiger partial charge in [0.25, 0.3) is 0 Å². The molecule has 5 nitrogen and oxygen atoms in total. The molecule has 0 aromatic carbocycles. The van der Waals surface area contributed by atoms with E-state index in [1.807, 2.05) is 6.92 Å². The van der Waals surface area contributed by atoms with Gasteiger partial charge in [-0.15, -0.1) is 0 Å². The summed E-state index contributed by atoms with van der Waals surface area (Å²) in [5.41, 5.74) is -1.61. The second-order valence-electron chi connectivity index (χ2n) is 4.66. The Morgan fingerprint density at radius 1 is 1.00 bits per heavy atom. The Morgan fingerprint density at radius 2 is 1.25 bits per heavy atom. The minimum absolute atomic E-state index is 0.156. The zero-order chi connectivity index (χ0) is 13.4. The van der Waals surface area contributed by atoms with E-state index in [1.54, 1.807) is 20.8 Å². The lowest BCUT2D eigenvalue weighted by Crippen LogP contribution is -2.32. The van der Waals surface area contributed by atoms with Gasteiger partial charge in [-0.05, 0) is 27.2 Å². The van der Waals surface area contributed by atoms with Crippen molar-refractivity contribution in [3.63, 3.8) is 0 Å². The highest BCUT2D eigenvalue weighted by molar-refractivity contribution is 4.74. The maximum Gasteiger partial charge on any atom is 0.0846 e. The van der Waals surface area contributed by atoms with E-state index in [9.17, 15) is 0 Å². The minimum atomic E-state index is -0.944. The molecule has 1 unspecified atom stereocenters. The van der Waals surface area contributed by atoms with Gasteiger partial charge in [0, 0.05) is 5.41 Å². The highest BCUT2D eigenvalue weighted by Gasteiger charge is 2.24. The third-order valence-electron chi connectivity index (χ3n) is 2.78. The monoisotopic (exact) mass is 238 g/mol. The van der Waals surface area contributed by atoms with Gasteiger partial charge in [-0.3, -0.25) is 0 Å². The standard InChI is InChI=1S/C6H14O3.C5H12O2/c1-2-6(3-7,4-8)5-9;1-4(6)5(2,3)7/h7-9H,2-5H2,1H3;4,6-7H,1-3H3. The lowest BCUT2D eigenvalue weighted by Gasteiger charge is -2.24. The summed E-state index contributed by atoms with van der Waals surface area (Å²) in [6.45, 7) is 6.04. The number of hydrogen-bond donors (Lipinski definition) is 5. The fraction of sp³-hybridized carbons (Fsp3) is 1.00. The molecule has 0 bridgehead atoms. The van der Waals surface area contributed by atoms with E-state index in [0.717, 1.165) is 0 Å². The molecule has 0 heterocycles. The van der Waals surface area contributed by atoms with Crippen LogP contribution in [0.3, 0.4) is 0 Å². The molecule has 0 spiro atoms. The summed E-state index contributed by atoms with van der Waals surface area (Å²) in [4.78, 5) is 0. The molecule has 0 aliphatic heterocycles. The third-order valence-corrected chi connectivity index (χ3v) is 2.78. The molecular weight excluding hydrogens is 212 g/mol. The van der Waals surface area contributed by atoms with Gasteiger partial charge < -0.3 is 25.5 Å². The summed E-state index contributed by atoms with van der Waals surface area (Å²) in [5.74, 6) is 0. The Morgan fingerprint density at radius 3 is 1.25 bits per heavy atom. The molecule has 0 aliphatic rings. The average molecular weight is 238 g/mol. The SMILES string of the molecule is CC(O)C(C)(C)O.CCC(CO)(CO)CO. The lowest BCUT2D eigenvalue weighted by atomic mass is 9.88. The van der Waals surface area contributed by atoms with Crippen LogP contribution in [-0.4, -0.2) is 57.1 Å². The highest BCUT2D eigenvalue weighted by Crippen LogP contribution is 2.18. The summed E-state index contributed by atoms with van der Waals surface area (Å²) in [5, 5.41) is 43.5. The van der Waals surface area contributed by atoms with Crippen LogP contribution < -0.4 is 0 Å². The first kappa shape index (κ1) is 18.2. The van der Waals surface area contributed by atoms with Gasteiger partial charge in [-0.1, -0.05) is 6.92 Å². The van der Waals surface area contributed by atoms with E-state index >= 15 is 0 Å². The minimum Gasteiger partial charge on any atom is -0.396 e. The van der Waals surface area contributed by atoms with Crippen LogP contribution in [0.25, 0.3) is 0 Å². The van der Waals surface area contributed by atoms with Crippen molar-refractivity contribution in [2.45, 2.75) is 45.8 Å².